The number of carbonyl (C=O) groups excluding carboxylic acids is 1. The van der Waals surface area contributed by atoms with Gasteiger partial charge >= 0.3 is 0 Å². The lowest BCUT2D eigenvalue weighted by atomic mass is 9.88. The van der Waals surface area contributed by atoms with E-state index < -0.39 is 5.60 Å². The van der Waals surface area contributed by atoms with Gasteiger partial charge in [-0.05, 0) is 26.7 Å². The van der Waals surface area contributed by atoms with Gasteiger partial charge in [0, 0.05) is 6.42 Å². The fraction of sp³-hybridized carbons (Fsp3) is 0.900. The maximum atomic E-state index is 11.6. The summed E-state index contributed by atoms with van der Waals surface area (Å²) in [6, 6.07) is 0. The maximum Gasteiger partial charge on any atom is 0.167 e. The average molecular weight is 170 g/mol. The largest absolute Gasteiger partial charge is 0.361 e. The monoisotopic (exact) mass is 170 g/mol. The first kappa shape index (κ1) is 9.72. The Balaban J connectivity index is 2.89. The lowest BCUT2D eigenvalue weighted by Crippen LogP contribution is -2.39. The SMILES string of the molecule is CC(C)C1(C)OC(C)(C)CC1=O. The van der Waals surface area contributed by atoms with Crippen molar-refractivity contribution in [3.63, 3.8) is 0 Å². The van der Waals surface area contributed by atoms with E-state index in [1.54, 1.807) is 0 Å². The lowest BCUT2D eigenvalue weighted by molar-refractivity contribution is -0.141. The van der Waals surface area contributed by atoms with E-state index >= 15 is 0 Å². The van der Waals surface area contributed by atoms with Gasteiger partial charge in [-0.15, -0.1) is 0 Å². The van der Waals surface area contributed by atoms with Crippen LogP contribution in [-0.2, 0) is 9.53 Å². The Hall–Kier alpha value is -0.370. The van der Waals surface area contributed by atoms with Gasteiger partial charge in [0.2, 0.25) is 0 Å². The highest BCUT2D eigenvalue weighted by Crippen LogP contribution is 2.38. The Kier molecular flexibility index (Phi) is 2.07. The number of ketones is 1. The summed E-state index contributed by atoms with van der Waals surface area (Å²) in [5.74, 6) is 0.495. The standard InChI is InChI=1S/C10H18O2/c1-7(2)10(5)8(11)6-9(3,4)12-10/h7H,6H2,1-5H3. The fourth-order valence-electron chi connectivity index (χ4n) is 1.67. The predicted octanol–water partition coefficient (Wildman–Crippen LogP) is 2.17. The molecule has 0 bridgehead atoms. The van der Waals surface area contributed by atoms with Crippen LogP contribution >= 0.6 is 0 Å². The highest BCUT2D eigenvalue weighted by Gasteiger charge is 2.49. The summed E-state index contributed by atoms with van der Waals surface area (Å²) < 4.78 is 5.76. The minimum atomic E-state index is -0.552. The normalized spacial score (nSPS) is 34.7. The van der Waals surface area contributed by atoms with E-state index in [4.69, 9.17) is 4.74 Å². The molecule has 1 heterocycles. The number of rotatable bonds is 1. The van der Waals surface area contributed by atoms with Crippen molar-refractivity contribution in [2.45, 2.75) is 52.2 Å². The summed E-state index contributed by atoms with van der Waals surface area (Å²) in [5, 5.41) is 0. The van der Waals surface area contributed by atoms with E-state index in [9.17, 15) is 4.79 Å². The molecule has 0 aromatic carbocycles. The van der Waals surface area contributed by atoms with Crippen LogP contribution < -0.4 is 0 Å². The van der Waals surface area contributed by atoms with Crippen LogP contribution in [0.1, 0.15) is 41.0 Å². The first-order chi connectivity index (χ1) is 5.28. The third-order valence-electron chi connectivity index (χ3n) is 2.73. The van der Waals surface area contributed by atoms with Crippen LogP contribution in [0.3, 0.4) is 0 Å². The zero-order chi connectivity index (χ0) is 9.57. The first-order valence-corrected chi connectivity index (χ1v) is 4.51. The summed E-state index contributed by atoms with van der Waals surface area (Å²) >= 11 is 0. The summed E-state index contributed by atoms with van der Waals surface area (Å²) in [6.07, 6.45) is 0.543. The average Bonchev–Trinajstić information content (AvgIpc) is 2.03. The minimum absolute atomic E-state index is 0.238. The Labute approximate surface area is 74.3 Å². The van der Waals surface area contributed by atoms with Gasteiger partial charge in [-0.2, -0.15) is 0 Å². The molecule has 0 aromatic heterocycles. The number of Topliss-reactive ketones (excluding diaryl/α,β-unsaturated/α-hetero) is 1. The van der Waals surface area contributed by atoms with Gasteiger partial charge in [-0.25, -0.2) is 0 Å². The van der Waals surface area contributed by atoms with E-state index in [2.05, 4.69) is 0 Å². The number of hydrogen-bond acceptors (Lipinski definition) is 2. The highest BCUT2D eigenvalue weighted by molar-refractivity contribution is 5.89. The van der Waals surface area contributed by atoms with E-state index in [0.29, 0.717) is 6.42 Å². The number of carbonyl (C=O) groups is 1. The highest BCUT2D eigenvalue weighted by atomic mass is 16.5. The van der Waals surface area contributed by atoms with Gasteiger partial charge in [0.25, 0.3) is 0 Å². The van der Waals surface area contributed by atoms with Crippen molar-refractivity contribution >= 4 is 5.78 Å². The van der Waals surface area contributed by atoms with Crippen LogP contribution in [0.5, 0.6) is 0 Å². The molecule has 0 radical (unpaired) electrons. The van der Waals surface area contributed by atoms with Crippen LogP contribution in [0.15, 0.2) is 0 Å². The van der Waals surface area contributed by atoms with Crippen LogP contribution in [0.4, 0.5) is 0 Å². The molecule has 1 fully saturated rings. The molecule has 1 atom stereocenters. The molecule has 0 amide bonds. The molecular formula is C10H18O2. The molecule has 2 heteroatoms. The smallest absolute Gasteiger partial charge is 0.167 e. The van der Waals surface area contributed by atoms with Crippen molar-refractivity contribution in [2.75, 3.05) is 0 Å². The molecule has 2 nitrogen and oxygen atoms in total. The molecule has 1 aliphatic heterocycles. The molecular weight excluding hydrogens is 152 g/mol. The molecule has 1 unspecified atom stereocenters. The number of hydrogen-bond donors (Lipinski definition) is 0. The molecule has 0 N–H and O–H groups in total. The zero-order valence-electron chi connectivity index (χ0n) is 8.60. The first-order valence-electron chi connectivity index (χ1n) is 4.51. The van der Waals surface area contributed by atoms with Crippen molar-refractivity contribution in [3.05, 3.63) is 0 Å². The van der Waals surface area contributed by atoms with E-state index in [-0.39, 0.29) is 17.3 Å². The summed E-state index contributed by atoms with van der Waals surface area (Å²) in [6.45, 7) is 9.89. The second-order valence-electron chi connectivity index (χ2n) is 4.72. The molecule has 70 valence electrons. The van der Waals surface area contributed by atoms with Gasteiger partial charge < -0.3 is 4.74 Å². The Morgan fingerprint density at radius 1 is 1.33 bits per heavy atom. The summed E-state index contributed by atoms with van der Waals surface area (Å²) in [4.78, 5) is 11.6. The quantitative estimate of drug-likeness (QED) is 0.603. The zero-order valence-corrected chi connectivity index (χ0v) is 8.60. The van der Waals surface area contributed by atoms with Gasteiger partial charge in [0.15, 0.2) is 5.78 Å². The molecule has 12 heavy (non-hydrogen) atoms. The molecule has 1 aliphatic rings. The van der Waals surface area contributed by atoms with E-state index in [1.807, 2.05) is 34.6 Å². The van der Waals surface area contributed by atoms with Crippen LogP contribution in [0.2, 0.25) is 0 Å². The topological polar surface area (TPSA) is 26.3 Å². The molecule has 1 rings (SSSR count). The molecule has 0 spiro atoms. The van der Waals surface area contributed by atoms with Crippen molar-refractivity contribution < 1.29 is 9.53 Å². The summed E-state index contributed by atoms with van der Waals surface area (Å²) in [7, 11) is 0. The third-order valence-corrected chi connectivity index (χ3v) is 2.73. The van der Waals surface area contributed by atoms with Crippen LogP contribution in [0.25, 0.3) is 0 Å². The Morgan fingerprint density at radius 2 is 1.83 bits per heavy atom. The molecule has 0 saturated carbocycles. The Morgan fingerprint density at radius 3 is 2.00 bits per heavy atom. The van der Waals surface area contributed by atoms with Crippen molar-refractivity contribution in [2.24, 2.45) is 5.92 Å². The van der Waals surface area contributed by atoms with Crippen LogP contribution in [-0.4, -0.2) is 17.0 Å². The van der Waals surface area contributed by atoms with Crippen molar-refractivity contribution in [1.29, 1.82) is 0 Å². The molecule has 1 saturated heterocycles. The lowest BCUT2D eigenvalue weighted by Gasteiger charge is -2.29. The predicted molar refractivity (Wildman–Crippen MR) is 48.0 cm³/mol. The minimum Gasteiger partial charge on any atom is -0.361 e. The van der Waals surface area contributed by atoms with Gasteiger partial charge in [0.05, 0.1) is 5.60 Å². The number of ether oxygens (including phenoxy) is 1. The summed E-state index contributed by atoms with van der Waals surface area (Å²) in [5.41, 5.74) is -0.820. The fourth-order valence-corrected chi connectivity index (χ4v) is 1.67. The Bertz CT molecular complexity index is 206. The van der Waals surface area contributed by atoms with Gasteiger partial charge in [0.1, 0.15) is 5.60 Å². The maximum absolute atomic E-state index is 11.6. The second-order valence-corrected chi connectivity index (χ2v) is 4.72. The molecule has 0 aliphatic carbocycles. The second kappa shape index (κ2) is 2.56. The third kappa shape index (κ3) is 1.40. The van der Waals surface area contributed by atoms with E-state index in [0.717, 1.165) is 0 Å². The van der Waals surface area contributed by atoms with Gasteiger partial charge in [-0.3, -0.25) is 4.79 Å². The van der Waals surface area contributed by atoms with Crippen LogP contribution in [0, 0.1) is 5.92 Å². The van der Waals surface area contributed by atoms with Crippen molar-refractivity contribution in [1.82, 2.24) is 0 Å². The van der Waals surface area contributed by atoms with Gasteiger partial charge in [-0.1, -0.05) is 13.8 Å². The van der Waals surface area contributed by atoms with Crippen molar-refractivity contribution in [3.8, 4) is 0 Å². The van der Waals surface area contributed by atoms with E-state index in [1.165, 1.54) is 0 Å². The molecule has 0 aromatic rings.